The third kappa shape index (κ3) is 4.53. The van der Waals surface area contributed by atoms with Crippen LogP contribution in [-0.2, 0) is 9.47 Å². The van der Waals surface area contributed by atoms with Gasteiger partial charge in [-0.2, -0.15) is 0 Å². The van der Waals surface area contributed by atoms with Gasteiger partial charge in [0.1, 0.15) is 0 Å². The summed E-state index contributed by atoms with van der Waals surface area (Å²) in [5.41, 5.74) is -0.564. The predicted molar refractivity (Wildman–Crippen MR) is 72.9 cm³/mol. The highest BCUT2D eigenvalue weighted by atomic mass is 28.1. The molecule has 0 aromatic carbocycles. The highest BCUT2D eigenvalue weighted by molar-refractivity contribution is 6.14. The van der Waals surface area contributed by atoms with Crippen LogP contribution in [0, 0.1) is 0 Å². The maximum absolute atomic E-state index is 6.00. The van der Waals surface area contributed by atoms with Crippen LogP contribution in [0.1, 0.15) is 47.0 Å². The summed E-state index contributed by atoms with van der Waals surface area (Å²) in [4.78, 5) is 0. The van der Waals surface area contributed by atoms with Crippen LogP contribution in [0.15, 0.2) is 0 Å². The van der Waals surface area contributed by atoms with Gasteiger partial charge in [-0.3, -0.25) is 0 Å². The van der Waals surface area contributed by atoms with Gasteiger partial charge in [-0.15, -0.1) is 0 Å². The quantitative estimate of drug-likeness (QED) is 0.378. The van der Waals surface area contributed by atoms with Crippen LogP contribution >= 0.6 is 0 Å². The molecular weight excluding hydrogens is 218 g/mol. The first-order valence-electron chi connectivity index (χ1n) is 6.40. The summed E-state index contributed by atoms with van der Waals surface area (Å²) in [5.74, 6) is 0. The van der Waals surface area contributed by atoms with E-state index in [0.29, 0.717) is 6.61 Å². The molecule has 0 bridgehead atoms. The molecule has 0 saturated carbocycles. The number of rotatable bonds is 9. The van der Waals surface area contributed by atoms with Gasteiger partial charge in [0.2, 0.25) is 0 Å². The average molecular weight is 247 g/mol. The van der Waals surface area contributed by atoms with E-state index in [-0.39, 0.29) is 5.54 Å². The monoisotopic (exact) mass is 247 g/mol. The van der Waals surface area contributed by atoms with E-state index in [1.54, 1.807) is 0 Å². The van der Waals surface area contributed by atoms with Gasteiger partial charge in [-0.05, 0) is 34.2 Å². The molecule has 0 aromatic heterocycles. The van der Waals surface area contributed by atoms with E-state index < -0.39 is 5.41 Å². The Bertz CT molecular complexity index is 188. The highest BCUT2D eigenvalue weighted by Crippen LogP contribution is 2.24. The van der Waals surface area contributed by atoms with Crippen molar-refractivity contribution in [2.24, 2.45) is 0 Å². The molecule has 4 heteroatoms. The minimum atomic E-state index is -0.426. The fourth-order valence-corrected chi connectivity index (χ4v) is 2.27. The fraction of sp³-hybridized carbons (Fsp3) is 1.00. The standard InChI is InChI=1S/C12H29NO2Si/c1-6-8-9-10-15-12(16,14-7-2)11(3,4)13-5/h13H,6-10H2,1-5,16H3. The van der Waals surface area contributed by atoms with Gasteiger partial charge in [-0.1, -0.05) is 19.8 Å². The molecule has 0 aliphatic rings. The molecule has 0 saturated heterocycles. The topological polar surface area (TPSA) is 30.5 Å². The lowest BCUT2D eigenvalue weighted by Crippen LogP contribution is -2.61. The maximum Gasteiger partial charge on any atom is 0.158 e. The molecule has 0 heterocycles. The zero-order valence-corrected chi connectivity index (χ0v) is 13.9. The van der Waals surface area contributed by atoms with Crippen LogP contribution in [0.3, 0.4) is 0 Å². The molecule has 0 aromatic rings. The smallest absolute Gasteiger partial charge is 0.158 e. The Kier molecular flexibility index (Phi) is 7.47. The van der Waals surface area contributed by atoms with E-state index in [4.69, 9.17) is 9.47 Å². The third-order valence-electron chi connectivity index (χ3n) is 3.31. The summed E-state index contributed by atoms with van der Waals surface area (Å²) in [6.07, 6.45) is 3.57. The molecular formula is C12H29NO2Si. The zero-order valence-electron chi connectivity index (χ0n) is 11.9. The predicted octanol–water partition coefficient (Wildman–Crippen LogP) is 1.25. The number of unbranched alkanes of at least 4 members (excludes halogenated alkanes) is 2. The van der Waals surface area contributed by atoms with Crippen molar-refractivity contribution in [1.29, 1.82) is 0 Å². The molecule has 1 unspecified atom stereocenters. The molecule has 16 heavy (non-hydrogen) atoms. The molecule has 0 rings (SSSR count). The van der Waals surface area contributed by atoms with E-state index in [0.717, 1.165) is 23.3 Å². The number of hydrogen-bond donors (Lipinski definition) is 1. The Morgan fingerprint density at radius 2 is 1.75 bits per heavy atom. The average Bonchev–Trinajstić information content (AvgIpc) is 2.24. The maximum atomic E-state index is 6.00. The normalized spacial score (nSPS) is 16.3. The lowest BCUT2D eigenvalue weighted by Gasteiger charge is -2.43. The Morgan fingerprint density at radius 1 is 1.12 bits per heavy atom. The van der Waals surface area contributed by atoms with Crippen molar-refractivity contribution >= 4 is 10.2 Å². The third-order valence-corrected chi connectivity index (χ3v) is 5.13. The van der Waals surface area contributed by atoms with Crippen molar-refractivity contribution in [3.63, 3.8) is 0 Å². The molecule has 0 fully saturated rings. The Labute approximate surface area is 104 Å². The van der Waals surface area contributed by atoms with E-state index in [1.165, 1.54) is 12.8 Å². The lowest BCUT2D eigenvalue weighted by atomic mass is 10.0. The fourth-order valence-electron chi connectivity index (χ4n) is 1.52. The summed E-state index contributed by atoms with van der Waals surface area (Å²) < 4.78 is 11.8. The van der Waals surface area contributed by atoms with E-state index in [2.05, 4.69) is 26.1 Å². The summed E-state index contributed by atoms with van der Waals surface area (Å²) in [6.45, 7) is 9.98. The summed E-state index contributed by atoms with van der Waals surface area (Å²) in [7, 11) is 2.82. The Hall–Kier alpha value is 0.0969. The van der Waals surface area contributed by atoms with E-state index in [1.807, 2.05) is 14.0 Å². The van der Waals surface area contributed by atoms with Crippen molar-refractivity contribution in [1.82, 2.24) is 5.32 Å². The van der Waals surface area contributed by atoms with Gasteiger partial charge in [0.15, 0.2) is 5.41 Å². The number of ether oxygens (including phenoxy) is 2. The Morgan fingerprint density at radius 3 is 2.19 bits per heavy atom. The molecule has 0 spiro atoms. The van der Waals surface area contributed by atoms with Gasteiger partial charge in [-0.25, -0.2) is 0 Å². The van der Waals surface area contributed by atoms with Crippen LogP contribution in [-0.4, -0.2) is 41.5 Å². The van der Waals surface area contributed by atoms with Crippen LogP contribution in [0.2, 0.25) is 0 Å². The van der Waals surface area contributed by atoms with Crippen LogP contribution in [0.4, 0.5) is 0 Å². The van der Waals surface area contributed by atoms with Gasteiger partial charge in [0, 0.05) is 13.2 Å². The first kappa shape index (κ1) is 16.1. The largest absolute Gasteiger partial charge is 0.353 e. The molecule has 98 valence electrons. The second-order valence-electron chi connectivity index (χ2n) is 4.81. The van der Waals surface area contributed by atoms with Crippen molar-refractivity contribution in [3.8, 4) is 0 Å². The summed E-state index contributed by atoms with van der Waals surface area (Å²) >= 11 is 0. The first-order valence-corrected chi connectivity index (χ1v) is 7.40. The van der Waals surface area contributed by atoms with Crippen LogP contribution in [0.5, 0.6) is 0 Å². The van der Waals surface area contributed by atoms with Crippen molar-refractivity contribution in [2.75, 3.05) is 20.3 Å². The summed E-state index contributed by atoms with van der Waals surface area (Å²) in [5, 5.41) is 3.29. The van der Waals surface area contributed by atoms with Crippen LogP contribution < -0.4 is 5.32 Å². The van der Waals surface area contributed by atoms with Gasteiger partial charge in [0.25, 0.3) is 0 Å². The van der Waals surface area contributed by atoms with Gasteiger partial charge in [0.05, 0.1) is 15.8 Å². The minimum absolute atomic E-state index is 0.137. The highest BCUT2D eigenvalue weighted by Gasteiger charge is 2.41. The first-order chi connectivity index (χ1) is 7.43. The second-order valence-corrected chi connectivity index (χ2v) is 6.13. The number of nitrogens with one attached hydrogen (secondary N) is 1. The van der Waals surface area contributed by atoms with E-state index >= 15 is 0 Å². The molecule has 1 atom stereocenters. The molecule has 0 aliphatic carbocycles. The molecule has 3 nitrogen and oxygen atoms in total. The number of likely N-dealkylation sites (N-methyl/N-ethyl adjacent to an activating group) is 1. The van der Waals surface area contributed by atoms with Crippen LogP contribution in [0.25, 0.3) is 0 Å². The van der Waals surface area contributed by atoms with E-state index in [9.17, 15) is 0 Å². The minimum Gasteiger partial charge on any atom is -0.353 e. The lowest BCUT2D eigenvalue weighted by molar-refractivity contribution is -0.214. The zero-order chi connectivity index (χ0) is 12.7. The van der Waals surface area contributed by atoms with Gasteiger partial charge < -0.3 is 14.8 Å². The Balaban J connectivity index is 4.33. The van der Waals surface area contributed by atoms with Crippen molar-refractivity contribution < 1.29 is 9.47 Å². The molecule has 0 aliphatic heterocycles. The van der Waals surface area contributed by atoms with Crippen molar-refractivity contribution in [3.05, 3.63) is 0 Å². The molecule has 1 N–H and O–H groups in total. The number of hydrogen-bond acceptors (Lipinski definition) is 3. The summed E-state index contributed by atoms with van der Waals surface area (Å²) in [6, 6.07) is 0. The molecule has 0 amide bonds. The van der Waals surface area contributed by atoms with Crippen molar-refractivity contribution in [2.45, 2.75) is 57.9 Å². The van der Waals surface area contributed by atoms with Gasteiger partial charge >= 0.3 is 0 Å². The SMILES string of the molecule is CCCCCOC([SiH3])(OCC)C(C)(C)NC. The molecule has 0 radical (unpaired) electrons. The second kappa shape index (κ2) is 7.43.